The normalized spacial score (nSPS) is 18.4. The Morgan fingerprint density at radius 1 is 1.17 bits per heavy atom. The van der Waals surface area contributed by atoms with E-state index in [2.05, 4.69) is 4.90 Å². The van der Waals surface area contributed by atoms with Gasteiger partial charge in [-0.15, -0.1) is 0 Å². The Kier molecular flexibility index (Phi) is 4.85. The van der Waals surface area contributed by atoms with Crippen LogP contribution < -0.4 is 21.9 Å². The number of benzene rings is 1. The molecule has 1 aromatic heterocycles. The Hall–Kier alpha value is -2.34. The van der Waals surface area contributed by atoms with E-state index >= 15 is 0 Å². The molecule has 0 saturated carbocycles. The summed E-state index contributed by atoms with van der Waals surface area (Å²) in [5.41, 5.74) is 6.61. The SMILES string of the molecule is Cn1c(=O)cc(N2CCCCC(N)C2)n(Cc2ccccc2)c1=O. The molecular weight excluding hydrogens is 304 g/mol. The third-order valence-electron chi connectivity index (χ3n) is 4.59. The highest BCUT2D eigenvalue weighted by atomic mass is 16.2. The minimum atomic E-state index is -0.292. The monoisotopic (exact) mass is 328 g/mol. The fourth-order valence-electron chi connectivity index (χ4n) is 3.22. The molecule has 1 aromatic carbocycles. The lowest BCUT2D eigenvalue weighted by Gasteiger charge is -2.28. The van der Waals surface area contributed by atoms with Crippen molar-refractivity contribution in [1.29, 1.82) is 0 Å². The Balaban J connectivity index is 2.07. The number of anilines is 1. The fraction of sp³-hybridized carbons (Fsp3) is 0.444. The maximum Gasteiger partial charge on any atom is 0.332 e. The second-order valence-corrected chi connectivity index (χ2v) is 6.46. The second-order valence-electron chi connectivity index (χ2n) is 6.46. The summed E-state index contributed by atoms with van der Waals surface area (Å²) >= 11 is 0. The van der Waals surface area contributed by atoms with Crippen LogP contribution >= 0.6 is 0 Å². The largest absolute Gasteiger partial charge is 0.356 e. The van der Waals surface area contributed by atoms with Crippen LogP contribution in [0.25, 0.3) is 0 Å². The Bertz CT molecular complexity index is 810. The molecule has 0 spiro atoms. The van der Waals surface area contributed by atoms with Gasteiger partial charge in [-0.25, -0.2) is 4.79 Å². The molecule has 1 fully saturated rings. The first-order valence-electron chi connectivity index (χ1n) is 8.41. The average Bonchev–Trinajstić information content (AvgIpc) is 2.80. The van der Waals surface area contributed by atoms with E-state index in [1.807, 2.05) is 30.3 Å². The molecule has 2 N–H and O–H groups in total. The van der Waals surface area contributed by atoms with Gasteiger partial charge in [0, 0.05) is 32.2 Å². The van der Waals surface area contributed by atoms with E-state index in [4.69, 9.17) is 5.73 Å². The lowest BCUT2D eigenvalue weighted by molar-refractivity contribution is 0.598. The molecule has 0 amide bonds. The lowest BCUT2D eigenvalue weighted by atomic mass is 10.2. The predicted octanol–water partition coefficient (Wildman–Crippen LogP) is 0.913. The summed E-state index contributed by atoms with van der Waals surface area (Å²) in [6.45, 7) is 1.92. The third-order valence-corrected chi connectivity index (χ3v) is 4.59. The van der Waals surface area contributed by atoms with Gasteiger partial charge in [-0.2, -0.15) is 0 Å². The summed E-state index contributed by atoms with van der Waals surface area (Å²) < 4.78 is 2.83. The molecule has 2 heterocycles. The predicted molar refractivity (Wildman–Crippen MR) is 95.5 cm³/mol. The van der Waals surface area contributed by atoms with Crippen molar-refractivity contribution in [1.82, 2.24) is 9.13 Å². The van der Waals surface area contributed by atoms with Crippen LogP contribution in [0.5, 0.6) is 0 Å². The van der Waals surface area contributed by atoms with Crippen molar-refractivity contribution < 1.29 is 0 Å². The highest BCUT2D eigenvalue weighted by Crippen LogP contribution is 2.18. The van der Waals surface area contributed by atoms with Crippen LogP contribution in [0.4, 0.5) is 5.82 Å². The zero-order valence-electron chi connectivity index (χ0n) is 14.0. The highest BCUT2D eigenvalue weighted by Gasteiger charge is 2.20. The van der Waals surface area contributed by atoms with Gasteiger partial charge in [-0.05, 0) is 18.4 Å². The van der Waals surface area contributed by atoms with Crippen LogP contribution in [0.1, 0.15) is 24.8 Å². The number of nitrogens with two attached hydrogens (primary N) is 1. The molecule has 0 radical (unpaired) electrons. The summed E-state index contributed by atoms with van der Waals surface area (Å²) in [5, 5.41) is 0. The topological polar surface area (TPSA) is 73.3 Å². The van der Waals surface area contributed by atoms with E-state index in [1.165, 1.54) is 7.05 Å². The summed E-state index contributed by atoms with van der Waals surface area (Å²) in [6.07, 6.45) is 3.07. The van der Waals surface area contributed by atoms with E-state index in [0.29, 0.717) is 18.9 Å². The minimum absolute atomic E-state index is 0.0665. The van der Waals surface area contributed by atoms with E-state index in [9.17, 15) is 9.59 Å². The maximum atomic E-state index is 12.7. The van der Waals surface area contributed by atoms with Crippen LogP contribution in [-0.4, -0.2) is 28.3 Å². The molecule has 1 aliphatic heterocycles. The Morgan fingerprint density at radius 2 is 1.92 bits per heavy atom. The quantitative estimate of drug-likeness (QED) is 0.909. The van der Waals surface area contributed by atoms with Crippen molar-refractivity contribution in [3.05, 3.63) is 62.8 Å². The molecule has 1 aliphatic rings. The Labute approximate surface area is 141 Å². The van der Waals surface area contributed by atoms with Crippen molar-refractivity contribution in [2.24, 2.45) is 12.8 Å². The molecule has 6 heteroatoms. The number of hydrogen-bond acceptors (Lipinski definition) is 4. The van der Waals surface area contributed by atoms with E-state index < -0.39 is 0 Å². The average molecular weight is 328 g/mol. The summed E-state index contributed by atoms with van der Waals surface area (Å²) in [5.74, 6) is 0.671. The van der Waals surface area contributed by atoms with E-state index in [-0.39, 0.29) is 17.3 Å². The standard InChI is InChI=1S/C18H24N4O2/c1-20-17(23)11-16(21-10-6-5-9-15(19)13-21)22(18(20)24)12-14-7-3-2-4-8-14/h2-4,7-8,11,15H,5-6,9-10,12-13,19H2,1H3. The number of hydrogen-bond donors (Lipinski definition) is 1. The van der Waals surface area contributed by atoms with Crippen molar-refractivity contribution in [2.75, 3.05) is 18.0 Å². The third kappa shape index (κ3) is 3.43. The molecular formula is C18H24N4O2. The fourth-order valence-corrected chi connectivity index (χ4v) is 3.22. The van der Waals surface area contributed by atoms with Crippen molar-refractivity contribution in [2.45, 2.75) is 31.8 Å². The van der Waals surface area contributed by atoms with Crippen LogP contribution in [0.15, 0.2) is 46.0 Å². The molecule has 2 aromatic rings. The van der Waals surface area contributed by atoms with Gasteiger partial charge in [0.2, 0.25) is 0 Å². The lowest BCUT2D eigenvalue weighted by Crippen LogP contribution is -2.44. The summed E-state index contributed by atoms with van der Waals surface area (Å²) in [4.78, 5) is 26.9. The van der Waals surface area contributed by atoms with Crippen molar-refractivity contribution in [3.8, 4) is 0 Å². The van der Waals surface area contributed by atoms with Gasteiger partial charge in [0.25, 0.3) is 5.56 Å². The van der Waals surface area contributed by atoms with Gasteiger partial charge in [0.05, 0.1) is 6.54 Å². The van der Waals surface area contributed by atoms with Crippen molar-refractivity contribution in [3.63, 3.8) is 0 Å². The zero-order valence-corrected chi connectivity index (χ0v) is 14.0. The molecule has 1 unspecified atom stereocenters. The molecule has 6 nitrogen and oxygen atoms in total. The van der Waals surface area contributed by atoms with E-state index in [1.54, 1.807) is 10.6 Å². The van der Waals surface area contributed by atoms with Crippen LogP contribution in [0, 0.1) is 0 Å². The van der Waals surface area contributed by atoms with Gasteiger partial charge in [-0.1, -0.05) is 36.8 Å². The molecule has 3 rings (SSSR count). The minimum Gasteiger partial charge on any atom is -0.356 e. The summed E-state index contributed by atoms with van der Waals surface area (Å²) in [7, 11) is 1.52. The van der Waals surface area contributed by atoms with Crippen LogP contribution in [-0.2, 0) is 13.6 Å². The number of aromatic nitrogens is 2. The van der Waals surface area contributed by atoms with Crippen LogP contribution in [0.2, 0.25) is 0 Å². The van der Waals surface area contributed by atoms with Crippen LogP contribution in [0.3, 0.4) is 0 Å². The van der Waals surface area contributed by atoms with Gasteiger partial charge in [0.1, 0.15) is 5.82 Å². The van der Waals surface area contributed by atoms with Gasteiger partial charge in [-0.3, -0.25) is 13.9 Å². The molecule has 1 atom stereocenters. The smallest absolute Gasteiger partial charge is 0.332 e. The first-order chi connectivity index (χ1) is 11.6. The molecule has 0 bridgehead atoms. The second kappa shape index (κ2) is 7.05. The van der Waals surface area contributed by atoms with Gasteiger partial charge >= 0.3 is 5.69 Å². The van der Waals surface area contributed by atoms with Gasteiger partial charge < -0.3 is 10.6 Å². The molecule has 1 saturated heterocycles. The van der Waals surface area contributed by atoms with Crippen molar-refractivity contribution >= 4 is 5.82 Å². The summed E-state index contributed by atoms with van der Waals surface area (Å²) in [6, 6.07) is 11.4. The number of rotatable bonds is 3. The molecule has 128 valence electrons. The van der Waals surface area contributed by atoms with Gasteiger partial charge in [0.15, 0.2) is 0 Å². The number of nitrogens with zero attached hydrogens (tertiary/aromatic N) is 3. The molecule has 0 aliphatic carbocycles. The zero-order chi connectivity index (χ0) is 17.1. The van der Waals surface area contributed by atoms with E-state index in [0.717, 1.165) is 35.9 Å². The first-order valence-corrected chi connectivity index (χ1v) is 8.41. The highest BCUT2D eigenvalue weighted by molar-refractivity contribution is 5.40. The maximum absolute atomic E-state index is 12.7. The first kappa shape index (κ1) is 16.5. The Morgan fingerprint density at radius 3 is 2.67 bits per heavy atom. The molecule has 24 heavy (non-hydrogen) atoms.